The van der Waals surface area contributed by atoms with Gasteiger partial charge in [-0.15, -0.1) is 0 Å². The number of hydrogen-bond acceptors (Lipinski definition) is 5. The van der Waals surface area contributed by atoms with E-state index < -0.39 is 11.7 Å². The van der Waals surface area contributed by atoms with Crippen LogP contribution in [0.1, 0.15) is 56.6 Å². The summed E-state index contributed by atoms with van der Waals surface area (Å²) in [6.07, 6.45) is 1.81. The van der Waals surface area contributed by atoms with Crippen LogP contribution in [0.2, 0.25) is 0 Å². The Bertz CT molecular complexity index is 962. The van der Waals surface area contributed by atoms with Crippen LogP contribution >= 0.6 is 0 Å². The quantitative estimate of drug-likeness (QED) is 0.665. The zero-order valence-electron chi connectivity index (χ0n) is 17.4. The third kappa shape index (κ3) is 4.02. The number of carbonyl (C=O) groups excluding carboxylic acids is 3. The minimum Gasteiger partial charge on any atom is -0.449 e. The molecule has 2 aromatic carbocycles. The summed E-state index contributed by atoms with van der Waals surface area (Å²) in [5.41, 5.74) is 1.90. The van der Waals surface area contributed by atoms with E-state index in [1.165, 1.54) is 0 Å². The van der Waals surface area contributed by atoms with Crippen molar-refractivity contribution in [2.24, 2.45) is 5.92 Å². The lowest BCUT2D eigenvalue weighted by atomic mass is 9.74. The standard InChI is InChI=1S/C25H26O5/c1-3-25(2)29-22-12-10-16(13-23(22)30-25)9-11-19(26)24-20(27)14-18(15-21(24)28)17-7-5-4-6-8-17/h4-8,10,12-13,18,24H,3,9,11,14-15H2,1-2H3. The number of ketones is 3. The van der Waals surface area contributed by atoms with E-state index in [0.29, 0.717) is 24.3 Å². The molecule has 1 saturated carbocycles. The molecule has 2 aromatic rings. The first-order chi connectivity index (χ1) is 14.4. The van der Waals surface area contributed by atoms with Gasteiger partial charge in [0, 0.05) is 32.6 Å². The second-order valence-corrected chi connectivity index (χ2v) is 8.32. The molecule has 5 nitrogen and oxygen atoms in total. The fraction of sp³-hybridized carbons (Fsp3) is 0.400. The third-order valence-electron chi connectivity index (χ3n) is 6.09. The molecule has 0 radical (unpaired) electrons. The zero-order chi connectivity index (χ0) is 21.3. The molecule has 2 aliphatic rings. The Morgan fingerprint density at radius 3 is 2.33 bits per heavy atom. The molecule has 1 atom stereocenters. The average molecular weight is 406 g/mol. The topological polar surface area (TPSA) is 69.7 Å². The van der Waals surface area contributed by atoms with Crippen molar-refractivity contribution >= 4 is 17.3 Å². The van der Waals surface area contributed by atoms with Crippen molar-refractivity contribution in [2.45, 2.75) is 57.7 Å². The van der Waals surface area contributed by atoms with E-state index in [9.17, 15) is 14.4 Å². The third-order valence-corrected chi connectivity index (χ3v) is 6.09. The van der Waals surface area contributed by atoms with Crippen molar-refractivity contribution in [3.8, 4) is 11.5 Å². The van der Waals surface area contributed by atoms with Crippen LogP contribution in [0.5, 0.6) is 11.5 Å². The van der Waals surface area contributed by atoms with Gasteiger partial charge in [-0.25, -0.2) is 0 Å². The van der Waals surface area contributed by atoms with Gasteiger partial charge < -0.3 is 9.47 Å². The molecule has 0 N–H and O–H groups in total. The van der Waals surface area contributed by atoms with Gasteiger partial charge in [-0.3, -0.25) is 14.4 Å². The number of hydrogen-bond donors (Lipinski definition) is 0. The van der Waals surface area contributed by atoms with Crippen LogP contribution in [0, 0.1) is 5.92 Å². The number of fused-ring (bicyclic) bond motifs is 1. The van der Waals surface area contributed by atoms with Crippen molar-refractivity contribution in [1.82, 2.24) is 0 Å². The van der Waals surface area contributed by atoms with Gasteiger partial charge in [0.15, 0.2) is 28.8 Å². The number of ether oxygens (including phenoxy) is 2. The van der Waals surface area contributed by atoms with Crippen molar-refractivity contribution in [3.05, 3.63) is 59.7 Å². The Kier molecular flexibility index (Phi) is 5.46. The minimum absolute atomic E-state index is 0.128. The summed E-state index contributed by atoms with van der Waals surface area (Å²) in [5, 5.41) is 0. The summed E-state index contributed by atoms with van der Waals surface area (Å²) in [6, 6.07) is 15.2. The van der Waals surface area contributed by atoms with Gasteiger partial charge in [0.2, 0.25) is 5.79 Å². The summed E-state index contributed by atoms with van der Waals surface area (Å²) in [4.78, 5) is 38.0. The van der Waals surface area contributed by atoms with Crippen LogP contribution in [0.15, 0.2) is 48.5 Å². The number of rotatable bonds is 6. The van der Waals surface area contributed by atoms with Crippen LogP contribution in [0.25, 0.3) is 0 Å². The largest absolute Gasteiger partial charge is 0.449 e. The second kappa shape index (κ2) is 8.05. The van der Waals surface area contributed by atoms with E-state index in [0.717, 1.165) is 11.1 Å². The van der Waals surface area contributed by atoms with Gasteiger partial charge in [-0.05, 0) is 35.6 Å². The minimum atomic E-state index is -1.11. The monoisotopic (exact) mass is 406 g/mol. The lowest BCUT2D eigenvalue weighted by Gasteiger charge is -2.26. The molecule has 4 rings (SSSR count). The molecule has 0 saturated heterocycles. The van der Waals surface area contributed by atoms with E-state index in [1.54, 1.807) is 0 Å². The van der Waals surface area contributed by atoms with Gasteiger partial charge >= 0.3 is 0 Å². The summed E-state index contributed by atoms with van der Waals surface area (Å²) >= 11 is 0. The highest BCUT2D eigenvalue weighted by atomic mass is 16.7. The van der Waals surface area contributed by atoms with Crippen molar-refractivity contribution in [3.63, 3.8) is 0 Å². The second-order valence-electron chi connectivity index (χ2n) is 8.32. The van der Waals surface area contributed by atoms with E-state index in [4.69, 9.17) is 9.47 Å². The van der Waals surface area contributed by atoms with Gasteiger partial charge in [0.1, 0.15) is 5.92 Å². The Balaban J connectivity index is 1.38. The summed E-state index contributed by atoms with van der Waals surface area (Å²) in [6.45, 7) is 3.88. The van der Waals surface area contributed by atoms with Crippen LogP contribution in [-0.4, -0.2) is 23.1 Å². The molecule has 0 aromatic heterocycles. The average Bonchev–Trinajstić information content (AvgIpc) is 3.08. The van der Waals surface area contributed by atoms with Crippen molar-refractivity contribution in [1.29, 1.82) is 0 Å². The number of carbonyl (C=O) groups is 3. The molecule has 1 aliphatic carbocycles. The highest BCUT2D eigenvalue weighted by Crippen LogP contribution is 2.41. The van der Waals surface area contributed by atoms with Gasteiger partial charge in [-0.1, -0.05) is 43.3 Å². The summed E-state index contributed by atoms with van der Waals surface area (Å²) in [5.74, 6) is -1.33. The Morgan fingerprint density at radius 2 is 1.67 bits per heavy atom. The lowest BCUT2D eigenvalue weighted by Crippen LogP contribution is -2.38. The molecule has 156 valence electrons. The fourth-order valence-electron chi connectivity index (χ4n) is 4.21. The van der Waals surface area contributed by atoms with E-state index in [-0.39, 0.29) is 42.5 Å². The zero-order valence-corrected chi connectivity index (χ0v) is 17.4. The highest BCUT2D eigenvalue weighted by Gasteiger charge is 2.40. The number of benzene rings is 2. The lowest BCUT2D eigenvalue weighted by molar-refractivity contribution is -0.142. The smallest absolute Gasteiger partial charge is 0.248 e. The fourth-order valence-corrected chi connectivity index (χ4v) is 4.21. The first-order valence-corrected chi connectivity index (χ1v) is 10.5. The van der Waals surface area contributed by atoms with Crippen LogP contribution in [0.3, 0.4) is 0 Å². The van der Waals surface area contributed by atoms with Crippen LogP contribution < -0.4 is 9.47 Å². The molecule has 1 heterocycles. The first kappa shape index (κ1) is 20.3. The van der Waals surface area contributed by atoms with Crippen LogP contribution in [-0.2, 0) is 20.8 Å². The molecule has 30 heavy (non-hydrogen) atoms. The van der Waals surface area contributed by atoms with E-state index >= 15 is 0 Å². The highest BCUT2D eigenvalue weighted by molar-refractivity contribution is 6.21. The Labute approximate surface area is 176 Å². The summed E-state index contributed by atoms with van der Waals surface area (Å²) in [7, 11) is 0. The maximum absolute atomic E-state index is 12.7. The van der Waals surface area contributed by atoms with Crippen LogP contribution in [0.4, 0.5) is 0 Å². The molecule has 1 fully saturated rings. The molecular weight excluding hydrogens is 380 g/mol. The van der Waals surface area contributed by atoms with E-state index in [1.807, 2.05) is 62.4 Å². The maximum Gasteiger partial charge on any atom is 0.248 e. The first-order valence-electron chi connectivity index (χ1n) is 10.5. The molecule has 1 aliphatic heterocycles. The van der Waals surface area contributed by atoms with Crippen molar-refractivity contribution in [2.75, 3.05) is 0 Å². The van der Waals surface area contributed by atoms with Gasteiger partial charge in [0.25, 0.3) is 0 Å². The molecular formula is C25H26O5. The normalized spacial score (nSPS) is 25.4. The van der Waals surface area contributed by atoms with Gasteiger partial charge in [-0.2, -0.15) is 0 Å². The molecule has 0 spiro atoms. The summed E-state index contributed by atoms with van der Waals surface area (Å²) < 4.78 is 11.7. The SMILES string of the molecule is CCC1(C)Oc2ccc(CCC(=O)C3C(=O)CC(c4ccccc4)CC3=O)cc2O1. The Morgan fingerprint density at radius 1 is 1.00 bits per heavy atom. The van der Waals surface area contributed by atoms with Crippen molar-refractivity contribution < 1.29 is 23.9 Å². The van der Waals surface area contributed by atoms with Gasteiger partial charge in [0.05, 0.1) is 0 Å². The number of aryl methyl sites for hydroxylation is 1. The molecule has 1 unspecified atom stereocenters. The Hall–Kier alpha value is -2.95. The predicted molar refractivity (Wildman–Crippen MR) is 112 cm³/mol. The molecule has 0 amide bonds. The molecule has 0 bridgehead atoms. The number of Topliss-reactive ketones (excluding diaryl/α,β-unsaturated/α-hetero) is 3. The maximum atomic E-state index is 12.7. The van der Waals surface area contributed by atoms with E-state index in [2.05, 4.69) is 0 Å². The molecule has 5 heteroatoms. The predicted octanol–water partition coefficient (Wildman–Crippen LogP) is 4.42.